The van der Waals surface area contributed by atoms with Gasteiger partial charge in [-0.1, -0.05) is 5.10 Å². The molecule has 15 heteroatoms. The van der Waals surface area contributed by atoms with Crippen LogP contribution in [0.4, 0.5) is 23.8 Å². The number of anilines is 1. The standard InChI is InChI=1S/C33H38F3N7O5/c1-19(2)43(16-27(35)36)29(44)22-10-20(34)6-7-25(22)47-30-39-28(13-38-40-30)42-17-33(18-42)11-21(12-33)46-26-8-9-37-24-15-41(14-23(24)26)31(45)48-32(3,4)5/h6-10,13,19,21,27H,11-12,14-18H2,1-5H3. The molecule has 3 aromatic rings. The average molecular weight is 670 g/mol. The summed E-state index contributed by atoms with van der Waals surface area (Å²) in [6.07, 6.45) is 1.75. The maximum absolute atomic E-state index is 14.2. The second kappa shape index (κ2) is 12.7. The van der Waals surface area contributed by atoms with Crippen LogP contribution in [-0.2, 0) is 17.8 Å². The normalized spacial score (nSPS) is 16.9. The number of halogens is 3. The fraction of sp³-hybridized carbons (Fsp3) is 0.515. The fourth-order valence-corrected chi connectivity index (χ4v) is 6.33. The van der Waals surface area contributed by atoms with Crippen molar-refractivity contribution in [1.29, 1.82) is 0 Å². The predicted octanol–water partition coefficient (Wildman–Crippen LogP) is 5.61. The Morgan fingerprint density at radius 1 is 1.10 bits per heavy atom. The van der Waals surface area contributed by atoms with Gasteiger partial charge in [-0.25, -0.2) is 18.0 Å². The molecule has 2 aliphatic heterocycles. The minimum atomic E-state index is -2.76. The number of benzene rings is 1. The molecule has 0 N–H and O–H groups in total. The fourth-order valence-electron chi connectivity index (χ4n) is 6.33. The molecule has 1 spiro atoms. The van der Waals surface area contributed by atoms with Crippen LogP contribution in [0.3, 0.4) is 0 Å². The van der Waals surface area contributed by atoms with Crippen LogP contribution in [0.15, 0.2) is 36.7 Å². The maximum Gasteiger partial charge on any atom is 0.410 e. The van der Waals surface area contributed by atoms with Gasteiger partial charge in [0.1, 0.15) is 29.0 Å². The van der Waals surface area contributed by atoms with Crippen molar-refractivity contribution in [3.05, 3.63) is 59.3 Å². The van der Waals surface area contributed by atoms with E-state index in [1.165, 1.54) is 12.3 Å². The first-order chi connectivity index (χ1) is 22.7. The lowest BCUT2D eigenvalue weighted by atomic mass is 9.62. The monoisotopic (exact) mass is 669 g/mol. The Bertz CT molecular complexity index is 1690. The van der Waals surface area contributed by atoms with E-state index in [4.69, 9.17) is 14.2 Å². The molecule has 0 radical (unpaired) electrons. The summed E-state index contributed by atoms with van der Waals surface area (Å²) in [5, 5.41) is 7.91. The largest absolute Gasteiger partial charge is 0.490 e. The van der Waals surface area contributed by atoms with E-state index < -0.39 is 36.3 Å². The minimum Gasteiger partial charge on any atom is -0.490 e. The van der Waals surface area contributed by atoms with E-state index in [0.717, 1.165) is 46.9 Å². The quantitative estimate of drug-likeness (QED) is 0.284. The number of hydrogen-bond acceptors (Lipinski definition) is 10. The highest BCUT2D eigenvalue weighted by atomic mass is 19.3. The van der Waals surface area contributed by atoms with E-state index in [1.807, 2.05) is 31.7 Å². The van der Waals surface area contributed by atoms with Gasteiger partial charge in [0.25, 0.3) is 12.3 Å². The second-order valence-corrected chi connectivity index (χ2v) is 13.9. The summed E-state index contributed by atoms with van der Waals surface area (Å²) in [5.41, 5.74) is 0.944. The highest BCUT2D eigenvalue weighted by Gasteiger charge is 2.54. The van der Waals surface area contributed by atoms with Gasteiger partial charge in [0.2, 0.25) is 0 Å². The molecule has 6 rings (SSSR count). The smallest absolute Gasteiger partial charge is 0.410 e. The van der Waals surface area contributed by atoms with Crippen LogP contribution in [-0.4, -0.2) is 85.8 Å². The molecule has 3 aliphatic rings. The highest BCUT2D eigenvalue weighted by Crippen LogP contribution is 2.51. The lowest BCUT2D eigenvalue weighted by molar-refractivity contribution is -0.0349. The van der Waals surface area contributed by atoms with Crippen LogP contribution >= 0.6 is 0 Å². The van der Waals surface area contributed by atoms with Gasteiger partial charge in [-0.05, 0) is 71.7 Å². The van der Waals surface area contributed by atoms with Crippen LogP contribution in [0, 0.1) is 11.2 Å². The van der Waals surface area contributed by atoms with E-state index in [9.17, 15) is 22.8 Å². The van der Waals surface area contributed by atoms with Crippen molar-refractivity contribution in [3.8, 4) is 17.5 Å². The number of hydrogen-bond donors (Lipinski definition) is 0. The Morgan fingerprint density at radius 2 is 1.85 bits per heavy atom. The van der Waals surface area contributed by atoms with Gasteiger partial charge in [-0.2, -0.15) is 10.1 Å². The average Bonchev–Trinajstić information content (AvgIpc) is 3.42. The van der Waals surface area contributed by atoms with Gasteiger partial charge >= 0.3 is 12.1 Å². The van der Waals surface area contributed by atoms with E-state index in [1.54, 1.807) is 24.9 Å². The molecule has 1 aromatic carbocycles. The van der Waals surface area contributed by atoms with Crippen molar-refractivity contribution in [2.24, 2.45) is 5.41 Å². The molecule has 2 aromatic heterocycles. The summed E-state index contributed by atoms with van der Waals surface area (Å²) < 4.78 is 58.2. The summed E-state index contributed by atoms with van der Waals surface area (Å²) >= 11 is 0. The predicted molar refractivity (Wildman–Crippen MR) is 166 cm³/mol. The van der Waals surface area contributed by atoms with Gasteiger partial charge in [0, 0.05) is 36.3 Å². The number of nitrogens with zero attached hydrogens (tertiary/aromatic N) is 7. The minimum absolute atomic E-state index is 0.0153. The Kier molecular flexibility index (Phi) is 8.81. The summed E-state index contributed by atoms with van der Waals surface area (Å²) in [6, 6.07) is 4.39. The van der Waals surface area contributed by atoms with Gasteiger partial charge in [-0.15, -0.1) is 0 Å². The SMILES string of the molecule is CC(C)N(CC(F)F)C(=O)c1cc(F)ccc1Oc1nncc(N2CC3(CC(Oc4ccnc5c4CN(C(=O)OC(C)(C)C)C5)C3)C2)n1. The molecule has 2 amide bonds. The van der Waals surface area contributed by atoms with E-state index in [-0.39, 0.29) is 34.9 Å². The summed E-state index contributed by atoms with van der Waals surface area (Å²) in [6.45, 7) is 10.1. The molecule has 1 saturated carbocycles. The summed E-state index contributed by atoms with van der Waals surface area (Å²) in [7, 11) is 0. The number of alkyl halides is 2. The van der Waals surface area contributed by atoms with Crippen molar-refractivity contribution in [1.82, 2.24) is 30.0 Å². The number of fused-ring (bicyclic) bond motifs is 1. The summed E-state index contributed by atoms with van der Waals surface area (Å²) in [5.74, 6) is -0.346. The number of pyridine rings is 1. The van der Waals surface area contributed by atoms with Crippen molar-refractivity contribution >= 4 is 17.8 Å². The third kappa shape index (κ3) is 7.09. The number of amides is 2. The van der Waals surface area contributed by atoms with Crippen LogP contribution in [0.2, 0.25) is 0 Å². The Balaban J connectivity index is 1.06. The highest BCUT2D eigenvalue weighted by molar-refractivity contribution is 5.97. The van der Waals surface area contributed by atoms with Crippen molar-refractivity contribution in [3.63, 3.8) is 0 Å². The number of rotatable bonds is 9. The first kappa shape index (κ1) is 33.2. The van der Waals surface area contributed by atoms with E-state index in [0.29, 0.717) is 32.0 Å². The van der Waals surface area contributed by atoms with Gasteiger partial charge in [0.05, 0.1) is 37.1 Å². The molecular weight excluding hydrogens is 631 g/mol. The van der Waals surface area contributed by atoms with Gasteiger partial charge in [-0.3, -0.25) is 14.7 Å². The molecule has 0 bridgehead atoms. The molecule has 0 atom stereocenters. The maximum atomic E-state index is 14.2. The first-order valence-corrected chi connectivity index (χ1v) is 15.8. The third-order valence-corrected chi connectivity index (χ3v) is 8.55. The molecule has 1 aliphatic carbocycles. The molecular formula is C33H38F3N7O5. The lowest BCUT2D eigenvalue weighted by Crippen LogP contribution is -2.65. The zero-order valence-electron chi connectivity index (χ0n) is 27.5. The molecule has 2 fully saturated rings. The van der Waals surface area contributed by atoms with Gasteiger partial charge in [0.15, 0.2) is 5.82 Å². The third-order valence-electron chi connectivity index (χ3n) is 8.55. The molecule has 4 heterocycles. The number of carbonyl (C=O) groups is 2. The summed E-state index contributed by atoms with van der Waals surface area (Å²) in [4.78, 5) is 39.3. The zero-order valence-corrected chi connectivity index (χ0v) is 27.5. The number of carbonyl (C=O) groups excluding carboxylic acids is 2. The molecule has 256 valence electrons. The second-order valence-electron chi connectivity index (χ2n) is 13.9. The molecule has 0 unspecified atom stereocenters. The topological polar surface area (TPSA) is 123 Å². The van der Waals surface area contributed by atoms with E-state index in [2.05, 4.69) is 20.2 Å². The molecule has 1 saturated heterocycles. The van der Waals surface area contributed by atoms with Crippen LogP contribution < -0.4 is 14.4 Å². The van der Waals surface area contributed by atoms with Crippen LogP contribution in [0.25, 0.3) is 0 Å². The number of ether oxygens (including phenoxy) is 3. The van der Waals surface area contributed by atoms with Crippen molar-refractivity contribution < 1.29 is 37.0 Å². The lowest BCUT2D eigenvalue weighted by Gasteiger charge is -2.58. The van der Waals surface area contributed by atoms with E-state index >= 15 is 0 Å². The Labute approximate surface area is 276 Å². The zero-order chi connectivity index (χ0) is 34.4. The van der Waals surface area contributed by atoms with Crippen molar-refractivity contribution in [2.45, 2.75) is 84.7 Å². The molecule has 48 heavy (non-hydrogen) atoms. The Hall–Kier alpha value is -4.69. The number of aromatic nitrogens is 4. The molecule has 12 nitrogen and oxygen atoms in total. The van der Waals surface area contributed by atoms with Crippen LogP contribution in [0.5, 0.6) is 17.5 Å². The van der Waals surface area contributed by atoms with Crippen molar-refractivity contribution in [2.75, 3.05) is 24.5 Å². The van der Waals surface area contributed by atoms with Gasteiger partial charge < -0.3 is 24.0 Å². The first-order valence-electron chi connectivity index (χ1n) is 15.8. The van der Waals surface area contributed by atoms with Crippen LogP contribution in [0.1, 0.15) is 69.1 Å². The Morgan fingerprint density at radius 3 is 2.54 bits per heavy atom.